The summed E-state index contributed by atoms with van der Waals surface area (Å²) in [4.78, 5) is 5.07. The molecule has 156 valence electrons. The van der Waals surface area contributed by atoms with Gasteiger partial charge in [-0.15, -0.1) is 0 Å². The molecule has 0 unspecified atom stereocenters. The maximum Gasteiger partial charge on any atom is 0.494 e. The molecule has 5 nitrogen and oxygen atoms in total. The fourth-order valence-corrected chi connectivity index (χ4v) is 3.97. The zero-order valence-electron chi connectivity index (χ0n) is 18.7. The normalized spacial score (nSPS) is 23.3. The second-order valence-corrected chi connectivity index (χ2v) is 9.84. The summed E-state index contributed by atoms with van der Waals surface area (Å²) < 4.78 is 17.7. The van der Waals surface area contributed by atoms with Crippen molar-refractivity contribution >= 4 is 12.6 Å². The highest BCUT2D eigenvalue weighted by Crippen LogP contribution is 2.36. The van der Waals surface area contributed by atoms with E-state index in [4.69, 9.17) is 14.0 Å². The second kappa shape index (κ2) is 8.08. The third kappa shape index (κ3) is 4.63. The van der Waals surface area contributed by atoms with Gasteiger partial charge in [-0.3, -0.25) is 9.80 Å². The van der Waals surface area contributed by atoms with Crippen LogP contribution in [0.4, 0.5) is 0 Å². The number of rotatable bonds is 6. The van der Waals surface area contributed by atoms with Gasteiger partial charge in [-0.2, -0.15) is 0 Å². The van der Waals surface area contributed by atoms with Gasteiger partial charge in [0.25, 0.3) is 0 Å². The predicted molar refractivity (Wildman–Crippen MR) is 115 cm³/mol. The first-order valence-electron chi connectivity index (χ1n) is 10.4. The van der Waals surface area contributed by atoms with Crippen molar-refractivity contribution in [3.8, 4) is 0 Å². The maximum atomic E-state index is 6.16. The first-order valence-corrected chi connectivity index (χ1v) is 10.4. The first kappa shape index (κ1) is 21.8. The molecule has 3 rings (SSSR count). The van der Waals surface area contributed by atoms with Crippen LogP contribution in [-0.2, 0) is 20.6 Å². The molecule has 28 heavy (non-hydrogen) atoms. The Bertz CT molecular complexity index is 636. The van der Waals surface area contributed by atoms with Crippen LogP contribution in [0.5, 0.6) is 0 Å². The summed E-state index contributed by atoms with van der Waals surface area (Å²) in [5, 5.41) is 0. The monoisotopic (exact) mass is 388 g/mol. The van der Waals surface area contributed by atoms with E-state index in [0.717, 1.165) is 44.8 Å². The van der Waals surface area contributed by atoms with Gasteiger partial charge < -0.3 is 14.0 Å². The van der Waals surface area contributed by atoms with E-state index in [2.05, 4.69) is 75.6 Å². The molecule has 0 radical (unpaired) electrons. The number of benzene rings is 1. The van der Waals surface area contributed by atoms with Gasteiger partial charge in [0.15, 0.2) is 0 Å². The van der Waals surface area contributed by atoms with Crippen molar-refractivity contribution in [3.63, 3.8) is 0 Å². The van der Waals surface area contributed by atoms with Crippen molar-refractivity contribution in [1.29, 1.82) is 0 Å². The summed E-state index contributed by atoms with van der Waals surface area (Å²) >= 11 is 0. The van der Waals surface area contributed by atoms with E-state index < -0.39 is 0 Å². The second-order valence-electron chi connectivity index (χ2n) is 9.84. The molecule has 0 N–H and O–H groups in total. The highest BCUT2D eigenvalue weighted by Gasteiger charge is 2.51. The zero-order chi connectivity index (χ0) is 20.6. The van der Waals surface area contributed by atoms with Gasteiger partial charge in [-0.25, -0.2) is 0 Å². The van der Waals surface area contributed by atoms with Gasteiger partial charge in [0.05, 0.1) is 17.8 Å². The highest BCUT2D eigenvalue weighted by atomic mass is 16.7. The fraction of sp³-hybridized carbons (Fsp3) is 0.727. The van der Waals surface area contributed by atoms with E-state index in [9.17, 15) is 0 Å². The third-order valence-corrected chi connectivity index (χ3v) is 6.64. The largest absolute Gasteiger partial charge is 0.494 e. The number of methoxy groups -OCH3 is 1. The van der Waals surface area contributed by atoms with E-state index >= 15 is 0 Å². The minimum atomic E-state index is -0.299. The molecule has 6 heteroatoms. The minimum absolute atomic E-state index is 0.103. The smallest absolute Gasteiger partial charge is 0.399 e. The van der Waals surface area contributed by atoms with E-state index in [1.165, 1.54) is 5.56 Å². The first-order chi connectivity index (χ1) is 13.0. The van der Waals surface area contributed by atoms with Crippen molar-refractivity contribution in [1.82, 2.24) is 9.80 Å². The van der Waals surface area contributed by atoms with Crippen LogP contribution in [0.3, 0.4) is 0 Å². The molecule has 0 bridgehead atoms. The van der Waals surface area contributed by atoms with Crippen LogP contribution >= 0.6 is 0 Å². The van der Waals surface area contributed by atoms with Gasteiger partial charge in [0, 0.05) is 45.4 Å². The molecule has 0 spiro atoms. The molecular formula is C22H37BN2O3. The lowest BCUT2D eigenvalue weighted by Crippen LogP contribution is -2.56. The van der Waals surface area contributed by atoms with E-state index in [1.807, 2.05) is 0 Å². The summed E-state index contributed by atoms with van der Waals surface area (Å²) in [6.07, 6.45) is 0. The summed E-state index contributed by atoms with van der Waals surface area (Å²) in [6, 6.07) is 8.72. The molecule has 2 fully saturated rings. The van der Waals surface area contributed by atoms with Crippen LogP contribution < -0.4 is 5.46 Å². The summed E-state index contributed by atoms with van der Waals surface area (Å²) in [7, 11) is 1.50. The molecule has 1 aromatic rings. The Hall–Kier alpha value is -0.915. The maximum absolute atomic E-state index is 6.16. The average Bonchev–Trinajstić information content (AvgIpc) is 2.84. The van der Waals surface area contributed by atoms with Crippen LogP contribution in [0.1, 0.15) is 47.1 Å². The Labute approximate surface area is 171 Å². The van der Waals surface area contributed by atoms with E-state index in [0.29, 0.717) is 0 Å². The standard InChI is InChI=1S/C22H37BN2O3/c1-20(2,17-26-7)25-14-12-24(13-15-25)16-18-8-10-19(11-9-18)23-27-21(3,4)22(5,6)28-23/h8-11H,12-17H2,1-7H3. The van der Waals surface area contributed by atoms with Crippen LogP contribution in [-0.4, -0.2) is 73.6 Å². The Kier molecular flexibility index (Phi) is 6.28. The summed E-state index contributed by atoms with van der Waals surface area (Å²) in [6.45, 7) is 19.0. The van der Waals surface area contributed by atoms with Gasteiger partial charge in [-0.1, -0.05) is 24.3 Å². The van der Waals surface area contributed by atoms with Gasteiger partial charge in [-0.05, 0) is 52.6 Å². The van der Waals surface area contributed by atoms with Crippen molar-refractivity contribution in [3.05, 3.63) is 29.8 Å². The van der Waals surface area contributed by atoms with Crippen molar-refractivity contribution in [2.24, 2.45) is 0 Å². The van der Waals surface area contributed by atoms with Gasteiger partial charge in [0.2, 0.25) is 0 Å². The number of ether oxygens (including phenoxy) is 1. The quantitative estimate of drug-likeness (QED) is 0.700. The Morgan fingerprint density at radius 3 is 2.00 bits per heavy atom. The van der Waals surface area contributed by atoms with Crippen molar-refractivity contribution in [2.75, 3.05) is 39.9 Å². The summed E-state index contributed by atoms with van der Waals surface area (Å²) in [5.74, 6) is 0. The molecule has 0 amide bonds. The molecule has 2 aliphatic rings. The lowest BCUT2D eigenvalue weighted by molar-refractivity contribution is 0.000753. The Morgan fingerprint density at radius 1 is 0.964 bits per heavy atom. The molecular weight excluding hydrogens is 351 g/mol. The topological polar surface area (TPSA) is 34.2 Å². The minimum Gasteiger partial charge on any atom is -0.399 e. The SMILES string of the molecule is COCC(C)(C)N1CCN(Cc2ccc(B3OC(C)(C)C(C)(C)O3)cc2)CC1. The van der Waals surface area contributed by atoms with Crippen molar-refractivity contribution in [2.45, 2.75) is 64.8 Å². The molecule has 2 heterocycles. The lowest BCUT2D eigenvalue weighted by Gasteiger charge is -2.43. The molecule has 2 aliphatic heterocycles. The van der Waals surface area contributed by atoms with Gasteiger partial charge in [0.1, 0.15) is 0 Å². The Morgan fingerprint density at radius 2 is 1.50 bits per heavy atom. The van der Waals surface area contributed by atoms with Crippen molar-refractivity contribution < 1.29 is 14.0 Å². The average molecular weight is 388 g/mol. The lowest BCUT2D eigenvalue weighted by atomic mass is 9.79. The van der Waals surface area contributed by atoms with Crippen LogP contribution in [0.2, 0.25) is 0 Å². The number of hydrogen-bond donors (Lipinski definition) is 0. The number of piperazine rings is 1. The van der Waals surface area contributed by atoms with E-state index in [1.54, 1.807) is 7.11 Å². The molecule has 0 atom stereocenters. The molecule has 1 aromatic carbocycles. The highest BCUT2D eigenvalue weighted by molar-refractivity contribution is 6.62. The number of nitrogens with zero attached hydrogens (tertiary/aromatic N) is 2. The molecule has 2 saturated heterocycles. The zero-order valence-corrected chi connectivity index (χ0v) is 18.7. The molecule has 0 saturated carbocycles. The number of hydrogen-bond acceptors (Lipinski definition) is 5. The third-order valence-electron chi connectivity index (χ3n) is 6.64. The molecule has 0 aliphatic carbocycles. The van der Waals surface area contributed by atoms with Gasteiger partial charge >= 0.3 is 7.12 Å². The van der Waals surface area contributed by atoms with Crippen LogP contribution in [0, 0.1) is 0 Å². The summed E-state index contributed by atoms with van der Waals surface area (Å²) in [5.41, 5.74) is 1.93. The predicted octanol–water partition coefficient (Wildman–Crippen LogP) is 2.53. The van der Waals surface area contributed by atoms with E-state index in [-0.39, 0.29) is 23.9 Å². The van der Waals surface area contributed by atoms with Crippen LogP contribution in [0.25, 0.3) is 0 Å². The van der Waals surface area contributed by atoms with Crippen LogP contribution in [0.15, 0.2) is 24.3 Å². The molecule has 0 aromatic heterocycles. The fourth-order valence-electron chi connectivity index (χ4n) is 3.97. The Balaban J connectivity index is 1.53.